The van der Waals surface area contributed by atoms with Crippen LogP contribution in [0.4, 0.5) is 0 Å². The van der Waals surface area contributed by atoms with Crippen molar-refractivity contribution in [3.63, 3.8) is 0 Å². The standard InChI is InChI=1S/C45H29N5/c1-3-15-32(16-4-1)40-29-41(38-23-11-19-30-13-7-9-21-36(30)38)47-42(46-40)34-25-27-35(28-26-34)44-48-43(33-17-5-2-6-18-33)49-45(50-44)39-24-12-20-31-14-8-10-22-37(31)39/h1-29H. The third-order valence-electron chi connectivity index (χ3n) is 8.96. The van der Waals surface area contributed by atoms with Crippen molar-refractivity contribution < 1.29 is 0 Å². The van der Waals surface area contributed by atoms with Crippen LogP contribution in [0.1, 0.15) is 0 Å². The zero-order chi connectivity index (χ0) is 33.3. The van der Waals surface area contributed by atoms with Crippen LogP contribution in [0.5, 0.6) is 0 Å². The SMILES string of the molecule is c1ccc(-c2cc(-c3cccc4ccccc34)nc(-c3ccc(-c4nc(-c5ccccc5)nc(-c5cccc6ccccc56)n4)cc3)n2)cc1. The van der Waals surface area contributed by atoms with E-state index in [-0.39, 0.29) is 0 Å². The molecule has 234 valence electrons. The molecule has 0 aliphatic heterocycles. The first-order chi connectivity index (χ1) is 24.8. The Kier molecular flexibility index (Phi) is 7.41. The van der Waals surface area contributed by atoms with Crippen molar-refractivity contribution in [2.45, 2.75) is 0 Å². The topological polar surface area (TPSA) is 64.5 Å². The summed E-state index contributed by atoms with van der Waals surface area (Å²) in [7, 11) is 0. The minimum absolute atomic E-state index is 0.601. The Hall–Kier alpha value is -6.85. The fourth-order valence-corrected chi connectivity index (χ4v) is 6.45. The maximum absolute atomic E-state index is 5.14. The molecule has 0 unspecified atom stereocenters. The second kappa shape index (κ2) is 12.6. The van der Waals surface area contributed by atoms with Gasteiger partial charge in [0, 0.05) is 33.4 Å². The van der Waals surface area contributed by atoms with E-state index >= 15 is 0 Å². The van der Waals surface area contributed by atoms with Crippen LogP contribution in [-0.2, 0) is 0 Å². The molecule has 0 saturated heterocycles. The van der Waals surface area contributed by atoms with Gasteiger partial charge in [-0.2, -0.15) is 0 Å². The molecule has 0 aliphatic rings. The van der Waals surface area contributed by atoms with E-state index in [1.54, 1.807) is 0 Å². The molecule has 0 amide bonds. The van der Waals surface area contributed by atoms with Gasteiger partial charge in [-0.05, 0) is 27.6 Å². The molecule has 5 nitrogen and oxygen atoms in total. The van der Waals surface area contributed by atoms with Gasteiger partial charge in [-0.25, -0.2) is 24.9 Å². The maximum Gasteiger partial charge on any atom is 0.164 e. The highest BCUT2D eigenvalue weighted by Crippen LogP contribution is 2.33. The first kappa shape index (κ1) is 29.3. The lowest BCUT2D eigenvalue weighted by Crippen LogP contribution is -2.00. The van der Waals surface area contributed by atoms with Gasteiger partial charge in [-0.1, -0.05) is 170 Å². The molecule has 0 saturated carbocycles. The van der Waals surface area contributed by atoms with Gasteiger partial charge in [0.2, 0.25) is 0 Å². The number of fused-ring (bicyclic) bond motifs is 2. The molecule has 50 heavy (non-hydrogen) atoms. The highest BCUT2D eigenvalue weighted by Gasteiger charge is 2.16. The van der Waals surface area contributed by atoms with Gasteiger partial charge in [0.15, 0.2) is 23.3 Å². The zero-order valence-corrected chi connectivity index (χ0v) is 27.0. The van der Waals surface area contributed by atoms with Crippen molar-refractivity contribution in [1.82, 2.24) is 24.9 Å². The second-order valence-electron chi connectivity index (χ2n) is 12.1. The highest BCUT2D eigenvalue weighted by molar-refractivity contribution is 5.97. The molecule has 0 fully saturated rings. The lowest BCUT2D eigenvalue weighted by atomic mass is 10.0. The summed E-state index contributed by atoms with van der Waals surface area (Å²) in [6.45, 7) is 0. The largest absolute Gasteiger partial charge is 0.228 e. The van der Waals surface area contributed by atoms with Crippen molar-refractivity contribution in [2.75, 3.05) is 0 Å². The summed E-state index contributed by atoms with van der Waals surface area (Å²) >= 11 is 0. The van der Waals surface area contributed by atoms with Crippen LogP contribution >= 0.6 is 0 Å². The molecule has 0 bridgehead atoms. The third kappa shape index (κ3) is 5.57. The lowest BCUT2D eigenvalue weighted by Gasteiger charge is -2.12. The molecule has 0 radical (unpaired) electrons. The lowest BCUT2D eigenvalue weighted by molar-refractivity contribution is 1.08. The van der Waals surface area contributed by atoms with Gasteiger partial charge in [0.1, 0.15) is 0 Å². The van der Waals surface area contributed by atoms with Gasteiger partial charge < -0.3 is 0 Å². The number of nitrogens with zero attached hydrogens (tertiary/aromatic N) is 5. The van der Waals surface area contributed by atoms with E-state index in [9.17, 15) is 0 Å². The number of hydrogen-bond donors (Lipinski definition) is 0. The molecule has 2 heterocycles. The number of hydrogen-bond acceptors (Lipinski definition) is 5. The summed E-state index contributed by atoms with van der Waals surface area (Å²) in [5.41, 5.74) is 7.53. The molecular weight excluding hydrogens is 611 g/mol. The maximum atomic E-state index is 5.14. The first-order valence-corrected chi connectivity index (χ1v) is 16.6. The van der Waals surface area contributed by atoms with Crippen molar-refractivity contribution in [3.8, 4) is 68.1 Å². The van der Waals surface area contributed by atoms with Crippen LogP contribution in [0, 0.1) is 0 Å². The first-order valence-electron chi connectivity index (χ1n) is 16.6. The van der Waals surface area contributed by atoms with E-state index in [4.69, 9.17) is 24.9 Å². The molecular formula is C45H29N5. The van der Waals surface area contributed by atoms with Crippen molar-refractivity contribution in [2.24, 2.45) is 0 Å². The average molecular weight is 640 g/mol. The van der Waals surface area contributed by atoms with Gasteiger partial charge in [-0.15, -0.1) is 0 Å². The Morgan fingerprint density at radius 2 is 0.680 bits per heavy atom. The summed E-state index contributed by atoms with van der Waals surface area (Å²) in [5, 5.41) is 4.56. The predicted molar refractivity (Wildman–Crippen MR) is 203 cm³/mol. The summed E-state index contributed by atoms with van der Waals surface area (Å²) in [5.74, 6) is 2.51. The van der Waals surface area contributed by atoms with Crippen molar-refractivity contribution in [3.05, 3.63) is 176 Å². The molecule has 7 aromatic carbocycles. The molecule has 9 rings (SSSR count). The summed E-state index contributed by atoms with van der Waals surface area (Å²) < 4.78 is 0. The molecule has 9 aromatic rings. The van der Waals surface area contributed by atoms with E-state index in [2.05, 4.69) is 97.1 Å². The van der Waals surface area contributed by atoms with Gasteiger partial charge in [0.25, 0.3) is 0 Å². The van der Waals surface area contributed by atoms with E-state index in [1.807, 2.05) is 78.9 Å². The fraction of sp³-hybridized carbons (Fsp3) is 0. The van der Waals surface area contributed by atoms with Crippen LogP contribution in [0.15, 0.2) is 176 Å². The van der Waals surface area contributed by atoms with Crippen LogP contribution < -0.4 is 0 Å². The van der Waals surface area contributed by atoms with Crippen molar-refractivity contribution >= 4 is 21.5 Å². The minimum Gasteiger partial charge on any atom is -0.228 e. The summed E-state index contributed by atoms with van der Waals surface area (Å²) in [4.78, 5) is 25.2. The van der Waals surface area contributed by atoms with E-state index in [1.165, 1.54) is 5.39 Å². The van der Waals surface area contributed by atoms with Gasteiger partial charge in [-0.3, -0.25) is 0 Å². The van der Waals surface area contributed by atoms with Crippen LogP contribution in [0.2, 0.25) is 0 Å². The predicted octanol–water partition coefficient (Wildman–Crippen LogP) is 11.0. The van der Waals surface area contributed by atoms with Crippen molar-refractivity contribution in [1.29, 1.82) is 0 Å². The molecule has 2 aromatic heterocycles. The van der Waals surface area contributed by atoms with Gasteiger partial charge >= 0.3 is 0 Å². The van der Waals surface area contributed by atoms with E-state index in [0.717, 1.165) is 60.9 Å². The average Bonchev–Trinajstić information content (AvgIpc) is 3.21. The Bertz CT molecular complexity index is 2440. The minimum atomic E-state index is 0.601. The van der Waals surface area contributed by atoms with Crippen LogP contribution in [0.3, 0.4) is 0 Å². The number of aromatic nitrogens is 5. The Balaban J connectivity index is 1.17. The molecule has 0 aliphatic carbocycles. The van der Waals surface area contributed by atoms with Crippen LogP contribution in [-0.4, -0.2) is 24.9 Å². The number of rotatable bonds is 6. The summed E-state index contributed by atoms with van der Waals surface area (Å²) in [6.07, 6.45) is 0. The third-order valence-corrected chi connectivity index (χ3v) is 8.96. The number of benzene rings is 7. The highest BCUT2D eigenvalue weighted by atomic mass is 15.0. The Morgan fingerprint density at radius 1 is 0.260 bits per heavy atom. The molecule has 5 heteroatoms. The van der Waals surface area contributed by atoms with Gasteiger partial charge in [0.05, 0.1) is 11.4 Å². The molecule has 0 atom stereocenters. The fourth-order valence-electron chi connectivity index (χ4n) is 6.45. The quantitative estimate of drug-likeness (QED) is 0.181. The van der Waals surface area contributed by atoms with E-state index < -0.39 is 0 Å². The van der Waals surface area contributed by atoms with E-state index in [0.29, 0.717) is 23.3 Å². The normalized spacial score (nSPS) is 11.2. The Morgan fingerprint density at radius 3 is 1.30 bits per heavy atom. The molecule has 0 N–H and O–H groups in total. The zero-order valence-electron chi connectivity index (χ0n) is 27.0. The monoisotopic (exact) mass is 639 g/mol. The Labute approximate surface area is 289 Å². The molecule has 0 spiro atoms. The second-order valence-corrected chi connectivity index (χ2v) is 12.1. The van der Waals surface area contributed by atoms with Crippen LogP contribution in [0.25, 0.3) is 89.6 Å². The smallest absolute Gasteiger partial charge is 0.164 e. The summed E-state index contributed by atoms with van der Waals surface area (Å²) in [6, 6.07) is 59.9.